The molecule has 2 aromatic rings. The van der Waals surface area contributed by atoms with Crippen molar-refractivity contribution in [2.24, 2.45) is 23.7 Å². The molecule has 0 aromatic heterocycles. The first kappa shape index (κ1) is 31.0. The van der Waals surface area contributed by atoms with Crippen molar-refractivity contribution in [3.05, 3.63) is 155 Å². The van der Waals surface area contributed by atoms with Crippen LogP contribution in [0.25, 0.3) is 5.57 Å². The normalized spacial score (nSPS) is 33.4. The number of rotatable bonds is 4. The summed E-state index contributed by atoms with van der Waals surface area (Å²) in [5.74, 6) is 1.27. The van der Waals surface area contributed by atoms with Gasteiger partial charge < -0.3 is 9.80 Å². The number of hydrogen-bond donors (Lipinski definition) is 0. The maximum atomic E-state index is 10.2. The Balaban J connectivity index is 1.05. The zero-order chi connectivity index (χ0) is 33.9. The molecule has 2 heterocycles. The number of para-hydroxylation sites is 1. The predicted octanol–water partition coefficient (Wildman–Crippen LogP) is 10.0. The topological polar surface area (TPSA) is 54.1 Å². The summed E-state index contributed by atoms with van der Waals surface area (Å²) in [6, 6.07) is 24.0. The van der Waals surface area contributed by atoms with Crippen LogP contribution in [0, 0.1) is 46.3 Å². The standard InChI is InChI=1S/C46H44N4/c1-29-16-22-43-40(24-29)41-26-33(19-23-44(41)50(43)45-30(2)8-5-11-35(45)28-48)32-9-6-10-34(25-32)37-13-7-14-39-38-12-3-4-15-42(38)49(46(37)39)36-20-17-31(27-47)18-21-36/h3-10,12-15,17,19-21,23-25,30-31,33,35,37,41,44-46H,11,16,18,22,26H2,1-2H3. The van der Waals surface area contributed by atoms with E-state index in [1.807, 2.05) is 0 Å². The molecule has 0 bridgehead atoms. The summed E-state index contributed by atoms with van der Waals surface area (Å²) in [5, 5.41) is 19.8. The highest BCUT2D eigenvalue weighted by atomic mass is 15.2. The Morgan fingerprint density at radius 1 is 0.880 bits per heavy atom. The largest absolute Gasteiger partial charge is 0.363 e. The Hall–Kier alpha value is -5.06. The summed E-state index contributed by atoms with van der Waals surface area (Å²) in [4.78, 5) is 5.22. The van der Waals surface area contributed by atoms with Crippen LogP contribution in [0.1, 0.15) is 74.5 Å². The molecule has 0 N–H and O–H groups in total. The van der Waals surface area contributed by atoms with Crippen molar-refractivity contribution in [3.63, 3.8) is 0 Å². The van der Waals surface area contributed by atoms with Crippen molar-refractivity contribution >= 4 is 11.3 Å². The van der Waals surface area contributed by atoms with Crippen LogP contribution in [-0.2, 0) is 0 Å². The van der Waals surface area contributed by atoms with E-state index >= 15 is 0 Å². The van der Waals surface area contributed by atoms with Gasteiger partial charge in [0.1, 0.15) is 0 Å². The lowest BCUT2D eigenvalue weighted by Gasteiger charge is -2.44. The highest BCUT2D eigenvalue weighted by Crippen LogP contribution is 2.53. The summed E-state index contributed by atoms with van der Waals surface area (Å²) in [6.07, 6.45) is 30.3. The van der Waals surface area contributed by atoms with Crippen molar-refractivity contribution < 1.29 is 0 Å². The molecule has 2 aromatic carbocycles. The van der Waals surface area contributed by atoms with Gasteiger partial charge in [-0.05, 0) is 79.4 Å². The van der Waals surface area contributed by atoms with E-state index in [9.17, 15) is 10.5 Å². The fraction of sp³-hybridized carbons (Fsp3) is 0.348. The molecule has 248 valence electrons. The van der Waals surface area contributed by atoms with E-state index < -0.39 is 0 Å². The van der Waals surface area contributed by atoms with Crippen LogP contribution in [0.4, 0.5) is 5.69 Å². The van der Waals surface area contributed by atoms with Gasteiger partial charge >= 0.3 is 0 Å². The van der Waals surface area contributed by atoms with E-state index in [4.69, 9.17) is 0 Å². The van der Waals surface area contributed by atoms with E-state index in [0.29, 0.717) is 23.8 Å². The summed E-state index contributed by atoms with van der Waals surface area (Å²) >= 11 is 0. The molecule has 0 amide bonds. The van der Waals surface area contributed by atoms with Crippen molar-refractivity contribution in [1.82, 2.24) is 4.90 Å². The minimum Gasteiger partial charge on any atom is -0.363 e. The molecule has 0 spiro atoms. The zero-order valence-electron chi connectivity index (χ0n) is 29.0. The van der Waals surface area contributed by atoms with Gasteiger partial charge in [-0.25, -0.2) is 0 Å². The van der Waals surface area contributed by atoms with Gasteiger partial charge in [-0.1, -0.05) is 116 Å². The minimum atomic E-state index is -0.0593. The lowest BCUT2D eigenvalue weighted by atomic mass is 9.75. The molecule has 9 atom stereocenters. The number of nitriles is 2. The van der Waals surface area contributed by atoms with Crippen LogP contribution < -0.4 is 4.90 Å². The first-order valence-electron chi connectivity index (χ1n) is 18.6. The van der Waals surface area contributed by atoms with E-state index in [1.54, 1.807) is 0 Å². The Morgan fingerprint density at radius 3 is 2.60 bits per heavy atom. The fourth-order valence-electron chi connectivity index (χ4n) is 10.2. The van der Waals surface area contributed by atoms with Crippen LogP contribution in [-0.4, -0.2) is 23.0 Å². The predicted molar refractivity (Wildman–Crippen MR) is 201 cm³/mol. The second kappa shape index (κ2) is 12.4. The molecule has 4 heteroatoms. The molecular formula is C46H44N4. The molecule has 5 aliphatic carbocycles. The SMILES string of the molecule is CC1=CC2=C(CC1)N(C1C(C)C=CCC1C#N)C1C=CC(c3cccc(C4C=CC=C5c6ccccc6N(C6=CCC(C#N)C=C6)C54)c3)CC21. The molecule has 0 fully saturated rings. The number of allylic oxidation sites excluding steroid dienone is 10. The molecule has 7 aliphatic rings. The van der Waals surface area contributed by atoms with Crippen LogP contribution in [0.2, 0.25) is 0 Å². The second-order valence-corrected chi connectivity index (χ2v) is 15.4. The average molecular weight is 653 g/mol. The van der Waals surface area contributed by atoms with Gasteiger partial charge in [-0.2, -0.15) is 10.5 Å². The van der Waals surface area contributed by atoms with Crippen molar-refractivity contribution in [2.75, 3.05) is 4.90 Å². The molecule has 0 saturated heterocycles. The molecule has 2 aliphatic heterocycles. The van der Waals surface area contributed by atoms with E-state index in [-0.39, 0.29) is 29.8 Å². The highest BCUT2D eigenvalue weighted by Gasteiger charge is 2.48. The quantitative estimate of drug-likeness (QED) is 0.309. The maximum absolute atomic E-state index is 10.2. The second-order valence-electron chi connectivity index (χ2n) is 15.4. The molecule has 9 rings (SSSR count). The van der Waals surface area contributed by atoms with Gasteiger partial charge in [0.15, 0.2) is 0 Å². The molecule has 50 heavy (non-hydrogen) atoms. The van der Waals surface area contributed by atoms with E-state index in [2.05, 4.69) is 151 Å². The van der Waals surface area contributed by atoms with Crippen LogP contribution in [0.3, 0.4) is 0 Å². The summed E-state index contributed by atoms with van der Waals surface area (Å²) < 4.78 is 0. The first-order valence-corrected chi connectivity index (χ1v) is 18.6. The van der Waals surface area contributed by atoms with Gasteiger partial charge in [0, 0.05) is 40.4 Å². The monoisotopic (exact) mass is 652 g/mol. The van der Waals surface area contributed by atoms with Gasteiger partial charge in [-0.15, -0.1) is 0 Å². The van der Waals surface area contributed by atoms with Crippen molar-refractivity contribution in [2.45, 2.75) is 75.9 Å². The lowest BCUT2D eigenvalue weighted by molar-refractivity contribution is 0.127. The molecule has 4 nitrogen and oxygen atoms in total. The van der Waals surface area contributed by atoms with Crippen molar-refractivity contribution in [1.29, 1.82) is 10.5 Å². The maximum Gasteiger partial charge on any atom is 0.0707 e. The zero-order valence-corrected chi connectivity index (χ0v) is 29.0. The van der Waals surface area contributed by atoms with Crippen LogP contribution >= 0.6 is 0 Å². The first-order chi connectivity index (χ1) is 24.5. The number of benzene rings is 2. The smallest absolute Gasteiger partial charge is 0.0707 e. The van der Waals surface area contributed by atoms with Gasteiger partial charge in [0.2, 0.25) is 0 Å². The third-order valence-corrected chi connectivity index (χ3v) is 12.5. The number of nitrogens with zero attached hydrogens (tertiary/aromatic N) is 4. The third-order valence-electron chi connectivity index (χ3n) is 12.5. The summed E-state index contributed by atoms with van der Waals surface area (Å²) in [5.41, 5.74) is 12.3. The van der Waals surface area contributed by atoms with Crippen LogP contribution in [0.15, 0.2) is 138 Å². The number of anilines is 1. The molecule has 9 unspecified atom stereocenters. The van der Waals surface area contributed by atoms with E-state index in [0.717, 1.165) is 32.1 Å². The number of hydrogen-bond acceptors (Lipinski definition) is 4. The Kier molecular flexibility index (Phi) is 7.66. The third kappa shape index (κ3) is 4.92. The highest BCUT2D eigenvalue weighted by molar-refractivity contribution is 5.92. The van der Waals surface area contributed by atoms with E-state index in [1.165, 1.54) is 50.5 Å². The summed E-state index contributed by atoms with van der Waals surface area (Å²) in [6.45, 7) is 4.59. The van der Waals surface area contributed by atoms with Gasteiger partial charge in [-0.3, -0.25) is 0 Å². The fourth-order valence-corrected chi connectivity index (χ4v) is 10.2. The Morgan fingerprint density at radius 2 is 1.76 bits per heavy atom. The van der Waals surface area contributed by atoms with Gasteiger partial charge in [0.25, 0.3) is 0 Å². The molecular weight excluding hydrogens is 609 g/mol. The van der Waals surface area contributed by atoms with Crippen molar-refractivity contribution in [3.8, 4) is 12.1 Å². The summed E-state index contributed by atoms with van der Waals surface area (Å²) in [7, 11) is 0. The average Bonchev–Trinajstić information content (AvgIpc) is 3.67. The minimum absolute atomic E-state index is 0.0220. The Labute approximate surface area is 297 Å². The van der Waals surface area contributed by atoms with Crippen LogP contribution in [0.5, 0.6) is 0 Å². The van der Waals surface area contributed by atoms with Gasteiger partial charge in [0.05, 0.1) is 42.1 Å². The lowest BCUT2D eigenvalue weighted by Crippen LogP contribution is -2.49. The Bertz CT molecular complexity index is 2070. The molecule has 0 saturated carbocycles. The molecule has 0 radical (unpaired) electrons. The number of fused-ring (bicyclic) bond motifs is 5.